The normalized spacial score (nSPS) is 15.8. The summed E-state index contributed by atoms with van der Waals surface area (Å²) >= 11 is 5.98. The smallest absolute Gasteiger partial charge is 0.278 e. The molecule has 0 saturated heterocycles. The van der Waals surface area contributed by atoms with Crippen molar-refractivity contribution in [3.8, 4) is 0 Å². The van der Waals surface area contributed by atoms with Gasteiger partial charge in [0.05, 0.1) is 28.5 Å². The number of fused-ring (bicyclic) bond motifs is 1. The fourth-order valence-electron chi connectivity index (χ4n) is 3.37. The number of amides is 2. The Bertz CT molecular complexity index is 1160. The molecule has 8 nitrogen and oxygen atoms in total. The van der Waals surface area contributed by atoms with E-state index in [2.05, 4.69) is 15.4 Å². The van der Waals surface area contributed by atoms with Crippen LogP contribution < -0.4 is 16.0 Å². The minimum Gasteiger partial charge on any atom is -0.384 e. The van der Waals surface area contributed by atoms with Crippen molar-refractivity contribution in [2.24, 2.45) is 0 Å². The average molecular weight is 447 g/mol. The Morgan fingerprint density at radius 3 is 2.71 bits per heavy atom. The SMILES string of the molecule is C[C@H]1CN(c2ccc(C(F)F)c(Cl)c2)C(=O)c2c(NC(=O)c3ccc(N)nc3)cnn21. The van der Waals surface area contributed by atoms with Gasteiger partial charge in [-0.2, -0.15) is 5.10 Å². The zero-order valence-electron chi connectivity index (χ0n) is 16.2. The summed E-state index contributed by atoms with van der Waals surface area (Å²) in [5, 5.41) is 6.77. The number of rotatable bonds is 4. The summed E-state index contributed by atoms with van der Waals surface area (Å²) in [5.74, 6) is -0.650. The van der Waals surface area contributed by atoms with E-state index in [0.29, 0.717) is 5.69 Å². The Morgan fingerprint density at radius 1 is 1.29 bits per heavy atom. The zero-order valence-corrected chi connectivity index (χ0v) is 17.0. The molecule has 1 aliphatic heterocycles. The summed E-state index contributed by atoms with van der Waals surface area (Å²) in [7, 11) is 0. The first kappa shape index (κ1) is 20.7. The molecule has 2 aromatic heterocycles. The molecule has 0 saturated carbocycles. The lowest BCUT2D eigenvalue weighted by Gasteiger charge is -2.32. The van der Waals surface area contributed by atoms with E-state index < -0.39 is 18.2 Å². The highest BCUT2D eigenvalue weighted by Crippen LogP contribution is 2.34. The van der Waals surface area contributed by atoms with Gasteiger partial charge >= 0.3 is 0 Å². The van der Waals surface area contributed by atoms with E-state index in [0.717, 1.165) is 0 Å². The summed E-state index contributed by atoms with van der Waals surface area (Å²) in [5.41, 5.74) is 6.26. The topological polar surface area (TPSA) is 106 Å². The van der Waals surface area contributed by atoms with E-state index in [9.17, 15) is 18.4 Å². The number of alkyl halides is 2. The number of benzene rings is 1. The van der Waals surface area contributed by atoms with Crippen LogP contribution in [0.1, 0.15) is 45.8 Å². The molecule has 1 aliphatic rings. The van der Waals surface area contributed by atoms with E-state index in [1.165, 1.54) is 52.3 Å². The summed E-state index contributed by atoms with van der Waals surface area (Å²) in [6, 6.07) is 6.72. The largest absolute Gasteiger partial charge is 0.384 e. The van der Waals surface area contributed by atoms with Crippen LogP contribution in [0.25, 0.3) is 0 Å². The second-order valence-electron chi connectivity index (χ2n) is 7.05. The molecular formula is C20H17ClF2N6O2. The molecule has 0 aliphatic carbocycles. The minimum absolute atomic E-state index is 0.128. The second-order valence-corrected chi connectivity index (χ2v) is 7.46. The van der Waals surface area contributed by atoms with Crippen LogP contribution in [0.3, 0.4) is 0 Å². The number of anilines is 3. The van der Waals surface area contributed by atoms with Gasteiger partial charge < -0.3 is 16.0 Å². The third kappa shape index (κ3) is 3.81. The highest BCUT2D eigenvalue weighted by molar-refractivity contribution is 6.31. The molecule has 4 rings (SSSR count). The average Bonchev–Trinajstić information content (AvgIpc) is 3.15. The van der Waals surface area contributed by atoms with Gasteiger partial charge in [-0.15, -0.1) is 0 Å². The minimum atomic E-state index is -2.72. The first-order valence-corrected chi connectivity index (χ1v) is 9.64. The molecule has 3 heterocycles. The summed E-state index contributed by atoms with van der Waals surface area (Å²) in [6.07, 6.45) is -0.00393. The molecular weight excluding hydrogens is 430 g/mol. The van der Waals surface area contributed by atoms with E-state index in [1.807, 2.05) is 6.92 Å². The maximum atomic E-state index is 13.2. The van der Waals surface area contributed by atoms with Crippen LogP contribution in [0.4, 0.5) is 26.0 Å². The van der Waals surface area contributed by atoms with Crippen LogP contribution in [-0.4, -0.2) is 33.1 Å². The molecule has 2 amide bonds. The predicted molar refractivity (Wildman–Crippen MR) is 112 cm³/mol. The number of hydrogen-bond donors (Lipinski definition) is 2. The molecule has 1 aromatic carbocycles. The molecule has 0 bridgehead atoms. The molecule has 0 radical (unpaired) electrons. The second kappa shape index (κ2) is 7.95. The van der Waals surface area contributed by atoms with Crippen molar-refractivity contribution in [3.63, 3.8) is 0 Å². The number of nitrogens with two attached hydrogens (primary N) is 1. The molecule has 31 heavy (non-hydrogen) atoms. The molecule has 3 aromatic rings. The van der Waals surface area contributed by atoms with Crippen molar-refractivity contribution in [2.75, 3.05) is 22.5 Å². The number of nitrogen functional groups attached to an aromatic ring is 1. The number of nitrogens with one attached hydrogen (secondary N) is 1. The molecule has 11 heteroatoms. The first-order valence-electron chi connectivity index (χ1n) is 9.26. The molecule has 0 unspecified atom stereocenters. The fraction of sp³-hybridized carbons (Fsp3) is 0.200. The molecule has 0 fully saturated rings. The van der Waals surface area contributed by atoms with Crippen molar-refractivity contribution in [2.45, 2.75) is 19.4 Å². The Hall–Kier alpha value is -3.53. The Balaban J connectivity index is 1.65. The van der Waals surface area contributed by atoms with Gasteiger partial charge in [-0.25, -0.2) is 13.8 Å². The van der Waals surface area contributed by atoms with Gasteiger partial charge in [-0.3, -0.25) is 14.3 Å². The van der Waals surface area contributed by atoms with Crippen molar-refractivity contribution >= 4 is 40.6 Å². The van der Waals surface area contributed by atoms with E-state index in [-0.39, 0.29) is 45.9 Å². The van der Waals surface area contributed by atoms with Crippen LogP contribution in [0.2, 0.25) is 5.02 Å². The summed E-state index contributed by atoms with van der Waals surface area (Å²) in [6.45, 7) is 2.10. The number of aromatic nitrogens is 3. The number of hydrogen-bond acceptors (Lipinski definition) is 5. The molecule has 1 atom stereocenters. The number of pyridine rings is 1. The highest BCUT2D eigenvalue weighted by Gasteiger charge is 2.34. The fourth-order valence-corrected chi connectivity index (χ4v) is 3.63. The van der Waals surface area contributed by atoms with Gasteiger partial charge in [-0.05, 0) is 37.3 Å². The van der Waals surface area contributed by atoms with Gasteiger partial charge in [0, 0.05) is 24.0 Å². The standard InChI is InChI=1S/C20H17ClF2N6O2/c1-10-9-28(12-3-4-13(18(22)23)14(21)6-12)20(31)17-15(8-26-29(10)17)27-19(30)11-2-5-16(24)25-7-11/h2-8,10,18H,9H2,1H3,(H2,24,25)(H,27,30)/t10-/m0/s1. The van der Waals surface area contributed by atoms with Crippen molar-refractivity contribution in [1.29, 1.82) is 0 Å². The molecule has 3 N–H and O–H groups in total. The van der Waals surface area contributed by atoms with Crippen LogP contribution in [-0.2, 0) is 0 Å². The zero-order chi connectivity index (χ0) is 22.3. The lowest BCUT2D eigenvalue weighted by molar-refractivity contribution is 0.0954. The first-order chi connectivity index (χ1) is 14.8. The van der Waals surface area contributed by atoms with E-state index in [1.54, 1.807) is 0 Å². The molecule has 0 spiro atoms. The van der Waals surface area contributed by atoms with Crippen LogP contribution >= 0.6 is 11.6 Å². The number of carbonyl (C=O) groups is 2. The monoisotopic (exact) mass is 446 g/mol. The maximum Gasteiger partial charge on any atom is 0.278 e. The number of nitrogens with zero attached hydrogens (tertiary/aromatic N) is 4. The summed E-state index contributed by atoms with van der Waals surface area (Å²) in [4.78, 5) is 31.1. The van der Waals surface area contributed by atoms with Crippen molar-refractivity contribution < 1.29 is 18.4 Å². The Labute approximate surface area is 180 Å². The van der Waals surface area contributed by atoms with E-state index in [4.69, 9.17) is 17.3 Å². The lowest BCUT2D eigenvalue weighted by atomic mass is 10.1. The third-order valence-electron chi connectivity index (χ3n) is 4.94. The van der Waals surface area contributed by atoms with Gasteiger partial charge in [0.2, 0.25) is 0 Å². The predicted octanol–water partition coefficient (Wildman–Crippen LogP) is 3.93. The molecule has 160 valence electrons. The number of carbonyl (C=O) groups excluding carboxylic acids is 2. The lowest BCUT2D eigenvalue weighted by Crippen LogP contribution is -2.43. The van der Waals surface area contributed by atoms with Crippen LogP contribution in [0, 0.1) is 0 Å². The Kier molecular flexibility index (Phi) is 5.32. The van der Waals surface area contributed by atoms with Gasteiger partial charge in [0.25, 0.3) is 18.2 Å². The van der Waals surface area contributed by atoms with Crippen LogP contribution in [0.15, 0.2) is 42.7 Å². The third-order valence-corrected chi connectivity index (χ3v) is 5.26. The highest BCUT2D eigenvalue weighted by atomic mass is 35.5. The number of halogens is 3. The Morgan fingerprint density at radius 2 is 2.06 bits per heavy atom. The van der Waals surface area contributed by atoms with Crippen LogP contribution in [0.5, 0.6) is 0 Å². The van der Waals surface area contributed by atoms with Gasteiger partial charge in [0.15, 0.2) is 5.69 Å². The van der Waals surface area contributed by atoms with Crippen molar-refractivity contribution in [3.05, 3.63) is 64.6 Å². The quantitative estimate of drug-likeness (QED) is 0.631. The van der Waals surface area contributed by atoms with E-state index >= 15 is 0 Å². The maximum absolute atomic E-state index is 13.2. The van der Waals surface area contributed by atoms with Gasteiger partial charge in [0.1, 0.15) is 5.82 Å². The van der Waals surface area contributed by atoms with Gasteiger partial charge in [-0.1, -0.05) is 11.6 Å². The van der Waals surface area contributed by atoms with Crippen molar-refractivity contribution in [1.82, 2.24) is 14.8 Å². The summed E-state index contributed by atoms with van der Waals surface area (Å²) < 4.78 is 27.5.